The van der Waals surface area contributed by atoms with Crippen molar-refractivity contribution in [3.63, 3.8) is 0 Å². The van der Waals surface area contributed by atoms with Gasteiger partial charge in [0, 0.05) is 12.6 Å². The van der Waals surface area contributed by atoms with Gasteiger partial charge in [0.2, 0.25) is 15.9 Å². The van der Waals surface area contributed by atoms with Crippen LogP contribution in [-0.4, -0.2) is 33.2 Å². The van der Waals surface area contributed by atoms with Gasteiger partial charge in [-0.1, -0.05) is 12.1 Å². The molecule has 0 fully saturated rings. The molecule has 2 rings (SSSR count). The van der Waals surface area contributed by atoms with Gasteiger partial charge in [-0.25, -0.2) is 17.2 Å². The number of nitrogens with one attached hydrogen (secondary N) is 1. The highest BCUT2D eigenvalue weighted by Gasteiger charge is 2.23. The predicted octanol–water partition coefficient (Wildman–Crippen LogP) is 2.83. The lowest BCUT2D eigenvalue weighted by atomic mass is 10.2. The highest BCUT2D eigenvalue weighted by Crippen LogP contribution is 2.22. The fourth-order valence-electron chi connectivity index (χ4n) is 2.41. The van der Waals surface area contributed by atoms with E-state index >= 15 is 0 Å². The minimum absolute atomic E-state index is 0.0411. The first-order valence-corrected chi connectivity index (χ1v) is 10.4. The molecule has 0 unspecified atom stereocenters. The van der Waals surface area contributed by atoms with Crippen molar-refractivity contribution in [3.05, 3.63) is 59.7 Å². The summed E-state index contributed by atoms with van der Waals surface area (Å²) in [6.07, 6.45) is 0.885. The second-order valence-corrected chi connectivity index (χ2v) is 8.36. The minimum atomic E-state index is -3.96. The van der Waals surface area contributed by atoms with Gasteiger partial charge in [-0.2, -0.15) is 0 Å². The number of halogens is 2. The Kier molecular flexibility index (Phi) is 6.95. The van der Waals surface area contributed by atoms with Crippen molar-refractivity contribution in [1.29, 1.82) is 0 Å². The van der Waals surface area contributed by atoms with Crippen LogP contribution < -0.4 is 14.4 Å². The topological polar surface area (TPSA) is 75.7 Å². The van der Waals surface area contributed by atoms with Crippen LogP contribution in [0.25, 0.3) is 0 Å². The molecule has 9 heteroatoms. The van der Waals surface area contributed by atoms with Crippen LogP contribution in [-0.2, 0) is 21.4 Å². The Morgan fingerprint density at radius 1 is 1.14 bits per heavy atom. The van der Waals surface area contributed by atoms with Gasteiger partial charge >= 0.3 is 0 Å². The molecular formula is C19H22F2N2O4S. The number of rotatable bonds is 8. The summed E-state index contributed by atoms with van der Waals surface area (Å²) < 4.78 is 57.1. The van der Waals surface area contributed by atoms with E-state index in [9.17, 15) is 22.0 Å². The van der Waals surface area contributed by atoms with Crippen LogP contribution in [0.15, 0.2) is 42.5 Å². The Hall–Kier alpha value is -2.68. The number of carbonyl (C=O) groups excluding carboxylic acids is 1. The number of hydrogen-bond donors (Lipinski definition) is 1. The van der Waals surface area contributed by atoms with Gasteiger partial charge < -0.3 is 10.1 Å². The summed E-state index contributed by atoms with van der Waals surface area (Å²) in [7, 11) is -3.96. The molecule has 0 heterocycles. The second kappa shape index (κ2) is 9.01. The van der Waals surface area contributed by atoms with E-state index < -0.39 is 39.8 Å². The Balaban J connectivity index is 2.04. The van der Waals surface area contributed by atoms with Crippen LogP contribution in [0.5, 0.6) is 5.75 Å². The van der Waals surface area contributed by atoms with Crippen molar-refractivity contribution >= 4 is 21.6 Å². The summed E-state index contributed by atoms with van der Waals surface area (Å²) in [5.74, 6) is -1.85. The standard InChI is InChI=1S/C19H22F2N2O4S/c1-13(2)27-16-7-4-14(5-8-16)11-22-19(24)12-23(28(3,25)26)18-9-6-15(20)10-17(18)21/h4-10,13H,11-12H2,1-3H3,(H,22,24). The van der Waals surface area contributed by atoms with Crippen molar-refractivity contribution in [2.24, 2.45) is 0 Å². The van der Waals surface area contributed by atoms with Crippen LogP contribution in [0, 0.1) is 11.6 Å². The molecule has 1 amide bonds. The van der Waals surface area contributed by atoms with Crippen LogP contribution >= 0.6 is 0 Å². The molecule has 0 bridgehead atoms. The quantitative estimate of drug-likeness (QED) is 0.724. The van der Waals surface area contributed by atoms with Gasteiger partial charge in [-0.15, -0.1) is 0 Å². The average Bonchev–Trinajstić information content (AvgIpc) is 2.58. The molecule has 0 aliphatic rings. The molecule has 1 N–H and O–H groups in total. The van der Waals surface area contributed by atoms with Gasteiger partial charge in [-0.3, -0.25) is 9.10 Å². The van der Waals surface area contributed by atoms with E-state index in [2.05, 4.69) is 5.32 Å². The average molecular weight is 412 g/mol. The number of carbonyl (C=O) groups is 1. The summed E-state index contributed by atoms with van der Waals surface area (Å²) in [5, 5.41) is 2.58. The van der Waals surface area contributed by atoms with E-state index in [4.69, 9.17) is 4.74 Å². The van der Waals surface area contributed by atoms with E-state index in [-0.39, 0.29) is 12.6 Å². The molecule has 6 nitrogen and oxygen atoms in total. The van der Waals surface area contributed by atoms with E-state index in [1.54, 1.807) is 24.3 Å². The summed E-state index contributed by atoms with van der Waals surface area (Å²) in [4.78, 5) is 12.2. The molecule has 0 radical (unpaired) electrons. The van der Waals surface area contributed by atoms with Crippen molar-refractivity contribution in [3.8, 4) is 5.75 Å². The number of hydrogen-bond acceptors (Lipinski definition) is 4. The third-order valence-electron chi connectivity index (χ3n) is 3.65. The molecule has 0 atom stereocenters. The fraction of sp³-hybridized carbons (Fsp3) is 0.316. The Morgan fingerprint density at radius 2 is 1.79 bits per heavy atom. The van der Waals surface area contributed by atoms with E-state index in [1.807, 2.05) is 13.8 Å². The maximum atomic E-state index is 14.0. The van der Waals surface area contributed by atoms with E-state index in [1.165, 1.54) is 0 Å². The molecular weight excluding hydrogens is 390 g/mol. The van der Waals surface area contributed by atoms with Gasteiger partial charge in [0.1, 0.15) is 23.9 Å². The third-order valence-corrected chi connectivity index (χ3v) is 4.78. The predicted molar refractivity (Wildman–Crippen MR) is 103 cm³/mol. The number of nitrogens with zero attached hydrogens (tertiary/aromatic N) is 1. The highest BCUT2D eigenvalue weighted by molar-refractivity contribution is 7.92. The summed E-state index contributed by atoms with van der Waals surface area (Å²) in [6.45, 7) is 3.34. The highest BCUT2D eigenvalue weighted by atomic mass is 32.2. The van der Waals surface area contributed by atoms with Gasteiger partial charge in [0.25, 0.3) is 0 Å². The summed E-state index contributed by atoms with van der Waals surface area (Å²) >= 11 is 0. The van der Waals surface area contributed by atoms with Crippen molar-refractivity contribution < 1.29 is 26.7 Å². The SMILES string of the molecule is CC(C)Oc1ccc(CNC(=O)CN(c2ccc(F)cc2F)S(C)(=O)=O)cc1. The Morgan fingerprint density at radius 3 is 2.32 bits per heavy atom. The van der Waals surface area contributed by atoms with Crippen molar-refractivity contribution in [1.82, 2.24) is 5.32 Å². The smallest absolute Gasteiger partial charge is 0.241 e. The number of amides is 1. The number of sulfonamides is 1. The van der Waals surface area contributed by atoms with Crippen LogP contribution in [0.4, 0.5) is 14.5 Å². The molecule has 0 saturated carbocycles. The lowest BCUT2D eigenvalue weighted by Gasteiger charge is -2.22. The first-order chi connectivity index (χ1) is 13.1. The zero-order chi connectivity index (χ0) is 20.9. The second-order valence-electron chi connectivity index (χ2n) is 6.45. The molecule has 2 aromatic rings. The molecule has 152 valence electrons. The largest absolute Gasteiger partial charge is 0.491 e. The van der Waals surface area contributed by atoms with Gasteiger partial charge in [-0.05, 0) is 43.7 Å². The molecule has 0 saturated heterocycles. The monoisotopic (exact) mass is 412 g/mol. The first-order valence-electron chi connectivity index (χ1n) is 8.51. The lowest BCUT2D eigenvalue weighted by molar-refractivity contribution is -0.119. The maximum absolute atomic E-state index is 14.0. The first kappa shape index (κ1) is 21.6. The Labute approximate surface area is 163 Å². The van der Waals surface area contributed by atoms with Gasteiger partial charge in [0.15, 0.2) is 0 Å². The molecule has 0 aliphatic carbocycles. The molecule has 0 aliphatic heterocycles. The zero-order valence-electron chi connectivity index (χ0n) is 15.8. The maximum Gasteiger partial charge on any atom is 0.241 e. The number of benzene rings is 2. The van der Waals surface area contributed by atoms with Crippen molar-refractivity contribution in [2.45, 2.75) is 26.5 Å². The third kappa shape index (κ3) is 6.19. The lowest BCUT2D eigenvalue weighted by Crippen LogP contribution is -2.40. The van der Waals surface area contributed by atoms with Crippen LogP contribution in [0.3, 0.4) is 0 Å². The number of ether oxygens (including phenoxy) is 1. The molecule has 0 spiro atoms. The normalized spacial score (nSPS) is 11.4. The number of anilines is 1. The van der Waals surface area contributed by atoms with Gasteiger partial charge in [0.05, 0.1) is 18.0 Å². The van der Waals surface area contributed by atoms with Crippen LogP contribution in [0.2, 0.25) is 0 Å². The van der Waals surface area contributed by atoms with E-state index in [0.29, 0.717) is 16.1 Å². The van der Waals surface area contributed by atoms with E-state index in [0.717, 1.165) is 24.0 Å². The minimum Gasteiger partial charge on any atom is -0.491 e. The van der Waals surface area contributed by atoms with Crippen LogP contribution in [0.1, 0.15) is 19.4 Å². The zero-order valence-corrected chi connectivity index (χ0v) is 16.6. The molecule has 28 heavy (non-hydrogen) atoms. The summed E-state index contributed by atoms with van der Waals surface area (Å²) in [5.41, 5.74) is 0.387. The Bertz CT molecular complexity index is 931. The fourth-order valence-corrected chi connectivity index (χ4v) is 3.27. The van der Waals surface area contributed by atoms with Crippen molar-refractivity contribution in [2.75, 3.05) is 17.1 Å². The molecule has 2 aromatic carbocycles. The summed E-state index contributed by atoms with van der Waals surface area (Å²) in [6, 6.07) is 9.53. The molecule has 0 aromatic heterocycles.